The molecule has 1 saturated heterocycles. The van der Waals surface area contributed by atoms with Gasteiger partial charge in [0.25, 0.3) is 6.43 Å². The van der Waals surface area contributed by atoms with Crippen LogP contribution in [0.2, 0.25) is 0 Å². The van der Waals surface area contributed by atoms with Crippen molar-refractivity contribution in [3.63, 3.8) is 0 Å². The lowest BCUT2D eigenvalue weighted by atomic mass is 10.0. The van der Waals surface area contributed by atoms with Crippen molar-refractivity contribution in [2.45, 2.75) is 51.6 Å². The van der Waals surface area contributed by atoms with E-state index in [4.69, 9.17) is 0 Å². The van der Waals surface area contributed by atoms with Crippen molar-refractivity contribution >= 4 is 0 Å². The summed E-state index contributed by atoms with van der Waals surface area (Å²) in [4.78, 5) is 2.56. The molecule has 0 saturated carbocycles. The van der Waals surface area contributed by atoms with Crippen LogP contribution in [0.4, 0.5) is 8.78 Å². The van der Waals surface area contributed by atoms with E-state index in [0.717, 1.165) is 25.1 Å². The second kappa shape index (κ2) is 8.44. The zero-order valence-corrected chi connectivity index (χ0v) is 12.8. The van der Waals surface area contributed by atoms with E-state index in [9.17, 15) is 8.78 Å². The molecule has 0 aliphatic carbocycles. The number of benzene rings is 1. The van der Waals surface area contributed by atoms with Gasteiger partial charge in [0.1, 0.15) is 0 Å². The van der Waals surface area contributed by atoms with Crippen molar-refractivity contribution in [1.82, 2.24) is 10.2 Å². The minimum atomic E-state index is -2.38. The van der Waals surface area contributed by atoms with Gasteiger partial charge in [-0.25, -0.2) is 8.78 Å². The molecule has 1 fully saturated rings. The van der Waals surface area contributed by atoms with Gasteiger partial charge in [-0.15, -0.1) is 0 Å². The van der Waals surface area contributed by atoms with Crippen molar-refractivity contribution < 1.29 is 8.78 Å². The molecule has 1 aliphatic rings. The normalized spacial score (nSPS) is 20.1. The SMILES string of the molecule is CC1CCCCN1CCCNCc1cccc(C(F)F)c1. The highest BCUT2D eigenvalue weighted by molar-refractivity contribution is 5.24. The Kier molecular flexibility index (Phi) is 6.58. The van der Waals surface area contributed by atoms with E-state index in [2.05, 4.69) is 17.1 Å². The molecule has 4 heteroatoms. The summed E-state index contributed by atoms with van der Waals surface area (Å²) in [6, 6.07) is 7.37. The fourth-order valence-corrected chi connectivity index (χ4v) is 2.97. The molecule has 1 atom stereocenters. The van der Waals surface area contributed by atoms with Gasteiger partial charge in [-0.1, -0.05) is 24.6 Å². The first-order valence-corrected chi connectivity index (χ1v) is 7.98. The molecule has 118 valence electrons. The number of piperidine rings is 1. The zero-order valence-electron chi connectivity index (χ0n) is 12.8. The third-order valence-electron chi connectivity index (χ3n) is 4.27. The Balaban J connectivity index is 1.64. The average molecular weight is 296 g/mol. The van der Waals surface area contributed by atoms with Crippen LogP contribution in [-0.2, 0) is 6.54 Å². The number of hydrogen-bond donors (Lipinski definition) is 1. The lowest BCUT2D eigenvalue weighted by Crippen LogP contribution is -2.38. The van der Waals surface area contributed by atoms with Crippen LogP contribution in [0, 0.1) is 0 Å². The first-order chi connectivity index (χ1) is 10.2. The van der Waals surface area contributed by atoms with Crippen LogP contribution in [0.1, 0.15) is 50.2 Å². The summed E-state index contributed by atoms with van der Waals surface area (Å²) in [5.74, 6) is 0. The highest BCUT2D eigenvalue weighted by Crippen LogP contribution is 2.19. The third-order valence-corrected chi connectivity index (χ3v) is 4.27. The molecule has 0 amide bonds. The van der Waals surface area contributed by atoms with E-state index in [1.165, 1.54) is 31.9 Å². The standard InChI is InChI=1S/C17H26F2N2/c1-14-6-2-3-10-21(14)11-5-9-20-13-15-7-4-8-16(12-15)17(18)19/h4,7-8,12,14,17,20H,2-3,5-6,9-11,13H2,1H3. The monoisotopic (exact) mass is 296 g/mol. The van der Waals surface area contributed by atoms with E-state index in [-0.39, 0.29) is 5.56 Å². The molecule has 2 rings (SSSR count). The van der Waals surface area contributed by atoms with E-state index < -0.39 is 6.43 Å². The van der Waals surface area contributed by atoms with Gasteiger partial charge in [-0.3, -0.25) is 0 Å². The molecule has 2 nitrogen and oxygen atoms in total. The molecule has 1 N–H and O–H groups in total. The number of rotatable bonds is 7. The van der Waals surface area contributed by atoms with E-state index in [0.29, 0.717) is 12.6 Å². The Labute approximate surface area is 126 Å². The Hall–Kier alpha value is -1.00. The second-order valence-electron chi connectivity index (χ2n) is 5.96. The number of nitrogens with one attached hydrogen (secondary N) is 1. The summed E-state index contributed by atoms with van der Waals surface area (Å²) < 4.78 is 25.2. The predicted octanol–water partition coefficient (Wildman–Crippen LogP) is 3.98. The fourth-order valence-electron chi connectivity index (χ4n) is 2.97. The topological polar surface area (TPSA) is 15.3 Å². The molecule has 0 radical (unpaired) electrons. The minimum Gasteiger partial charge on any atom is -0.313 e. The van der Waals surface area contributed by atoms with Crippen molar-refractivity contribution in [2.75, 3.05) is 19.6 Å². The average Bonchev–Trinajstić information content (AvgIpc) is 2.49. The number of halogens is 2. The Morgan fingerprint density at radius 2 is 2.19 bits per heavy atom. The maximum atomic E-state index is 12.6. The fraction of sp³-hybridized carbons (Fsp3) is 0.647. The highest BCUT2D eigenvalue weighted by Gasteiger charge is 2.16. The molecule has 0 aromatic heterocycles. The summed E-state index contributed by atoms with van der Waals surface area (Å²) in [5, 5.41) is 3.35. The molecule has 1 aromatic carbocycles. The van der Waals surface area contributed by atoms with Gasteiger partial charge in [0.15, 0.2) is 0 Å². The molecular weight excluding hydrogens is 270 g/mol. The molecule has 0 bridgehead atoms. The summed E-state index contributed by atoms with van der Waals surface area (Å²) in [6.45, 7) is 6.25. The summed E-state index contributed by atoms with van der Waals surface area (Å²) in [7, 11) is 0. The molecule has 1 aromatic rings. The molecule has 0 spiro atoms. The van der Waals surface area contributed by atoms with Gasteiger partial charge in [0, 0.05) is 18.2 Å². The lowest BCUT2D eigenvalue weighted by Gasteiger charge is -2.33. The maximum Gasteiger partial charge on any atom is 0.263 e. The van der Waals surface area contributed by atoms with Crippen LogP contribution < -0.4 is 5.32 Å². The van der Waals surface area contributed by atoms with E-state index in [1.807, 2.05) is 6.07 Å². The number of hydrogen-bond acceptors (Lipinski definition) is 2. The first-order valence-electron chi connectivity index (χ1n) is 7.98. The Morgan fingerprint density at radius 3 is 2.95 bits per heavy atom. The summed E-state index contributed by atoms with van der Waals surface area (Å²) in [5.41, 5.74) is 1.04. The largest absolute Gasteiger partial charge is 0.313 e. The molecule has 1 heterocycles. The summed E-state index contributed by atoms with van der Waals surface area (Å²) in [6.07, 6.45) is 2.71. The van der Waals surface area contributed by atoms with Crippen molar-refractivity contribution in [3.05, 3.63) is 35.4 Å². The van der Waals surface area contributed by atoms with Gasteiger partial charge in [0.05, 0.1) is 0 Å². The van der Waals surface area contributed by atoms with Gasteiger partial charge >= 0.3 is 0 Å². The Bertz CT molecular complexity index is 423. The highest BCUT2D eigenvalue weighted by atomic mass is 19.3. The van der Waals surface area contributed by atoms with Gasteiger partial charge < -0.3 is 10.2 Å². The smallest absolute Gasteiger partial charge is 0.263 e. The molecule has 21 heavy (non-hydrogen) atoms. The van der Waals surface area contributed by atoms with Crippen LogP contribution in [0.3, 0.4) is 0 Å². The van der Waals surface area contributed by atoms with Gasteiger partial charge in [-0.2, -0.15) is 0 Å². The quantitative estimate of drug-likeness (QED) is 0.766. The van der Waals surface area contributed by atoms with E-state index >= 15 is 0 Å². The number of likely N-dealkylation sites (tertiary alicyclic amines) is 1. The van der Waals surface area contributed by atoms with Gasteiger partial charge in [0.2, 0.25) is 0 Å². The Morgan fingerprint density at radius 1 is 1.33 bits per heavy atom. The zero-order chi connectivity index (χ0) is 15.1. The van der Waals surface area contributed by atoms with Crippen molar-refractivity contribution in [3.8, 4) is 0 Å². The van der Waals surface area contributed by atoms with Crippen LogP contribution >= 0.6 is 0 Å². The van der Waals surface area contributed by atoms with Crippen LogP contribution in [0.25, 0.3) is 0 Å². The first kappa shape index (κ1) is 16.4. The molecule has 1 unspecified atom stereocenters. The number of alkyl halides is 2. The van der Waals surface area contributed by atoms with Crippen LogP contribution in [0.5, 0.6) is 0 Å². The minimum absolute atomic E-state index is 0.108. The van der Waals surface area contributed by atoms with Crippen molar-refractivity contribution in [1.29, 1.82) is 0 Å². The maximum absolute atomic E-state index is 12.6. The van der Waals surface area contributed by atoms with Crippen LogP contribution in [0.15, 0.2) is 24.3 Å². The van der Waals surface area contributed by atoms with Crippen molar-refractivity contribution in [2.24, 2.45) is 0 Å². The predicted molar refractivity (Wildman–Crippen MR) is 82.6 cm³/mol. The lowest BCUT2D eigenvalue weighted by molar-refractivity contribution is 0.151. The second-order valence-corrected chi connectivity index (χ2v) is 5.96. The third kappa shape index (κ3) is 5.36. The number of nitrogens with zero attached hydrogens (tertiary/aromatic N) is 1. The van der Waals surface area contributed by atoms with Crippen LogP contribution in [-0.4, -0.2) is 30.6 Å². The summed E-state index contributed by atoms with van der Waals surface area (Å²) >= 11 is 0. The van der Waals surface area contributed by atoms with Gasteiger partial charge in [-0.05, 0) is 57.5 Å². The molecule has 1 aliphatic heterocycles. The molecular formula is C17H26F2N2. The van der Waals surface area contributed by atoms with E-state index in [1.54, 1.807) is 12.1 Å².